The molecule has 0 bridgehead atoms. The number of halogens is 1. The van der Waals surface area contributed by atoms with E-state index in [2.05, 4.69) is 12.2 Å². The number of aryl methyl sites for hydroxylation is 1. The Kier molecular flexibility index (Phi) is 6.07. The Hall–Kier alpha value is -1.01. The Balaban J connectivity index is 2.71. The van der Waals surface area contributed by atoms with Crippen molar-refractivity contribution in [1.29, 1.82) is 0 Å². The van der Waals surface area contributed by atoms with Crippen LogP contribution in [0.3, 0.4) is 0 Å². The maximum absolute atomic E-state index is 12.1. The van der Waals surface area contributed by atoms with Crippen LogP contribution in [0.5, 0.6) is 0 Å². The maximum atomic E-state index is 12.1. The molecule has 0 saturated heterocycles. The number of carbonyl (C=O) groups excluding carboxylic acids is 1. The molecule has 114 valence electrons. The molecule has 1 heterocycles. The largest absolute Gasteiger partial charge is 0.348 e. The molecular formula is C13H21ClN2O3S. The highest BCUT2D eigenvalue weighted by Crippen LogP contribution is 2.18. The van der Waals surface area contributed by atoms with E-state index in [0.29, 0.717) is 0 Å². The molecule has 1 N–H and O–H groups in total. The number of nitrogens with one attached hydrogen (secondary N) is 1. The third kappa shape index (κ3) is 4.83. The van der Waals surface area contributed by atoms with Gasteiger partial charge in [-0.05, 0) is 19.4 Å². The zero-order valence-corrected chi connectivity index (χ0v) is 13.6. The summed E-state index contributed by atoms with van der Waals surface area (Å²) in [7, 11) is 3.07. The lowest BCUT2D eigenvalue weighted by molar-refractivity contribution is 0.0929. The molecule has 1 unspecified atom stereocenters. The van der Waals surface area contributed by atoms with Gasteiger partial charge in [0.2, 0.25) is 0 Å². The SMILES string of the molecule is CCCCCC(C)NC(=O)c1cc(S(=O)(=O)Cl)cn1C. The number of unbranched alkanes of at least 4 members (excludes halogenated alkanes) is 2. The minimum Gasteiger partial charge on any atom is -0.348 e. The van der Waals surface area contributed by atoms with Crippen LogP contribution in [0, 0.1) is 0 Å². The zero-order chi connectivity index (χ0) is 15.3. The summed E-state index contributed by atoms with van der Waals surface area (Å²) >= 11 is 0. The first-order chi connectivity index (χ1) is 9.25. The maximum Gasteiger partial charge on any atom is 0.268 e. The van der Waals surface area contributed by atoms with Crippen molar-refractivity contribution in [3.05, 3.63) is 18.0 Å². The van der Waals surface area contributed by atoms with Gasteiger partial charge in [-0.1, -0.05) is 26.2 Å². The predicted octanol–water partition coefficient (Wildman–Crippen LogP) is 2.65. The molecule has 20 heavy (non-hydrogen) atoms. The van der Waals surface area contributed by atoms with E-state index in [-0.39, 0.29) is 22.5 Å². The fraction of sp³-hybridized carbons (Fsp3) is 0.615. The number of hydrogen-bond acceptors (Lipinski definition) is 3. The average molecular weight is 321 g/mol. The molecule has 0 aliphatic carbocycles. The van der Waals surface area contributed by atoms with Gasteiger partial charge in [0.1, 0.15) is 10.6 Å². The standard InChI is InChI=1S/C13H21ClN2O3S/c1-4-5-6-7-10(2)15-13(17)12-8-11(9-16(12)3)20(14,18)19/h8-10H,4-7H2,1-3H3,(H,15,17). The molecule has 0 aliphatic heterocycles. The molecule has 0 spiro atoms. The molecule has 5 nitrogen and oxygen atoms in total. The van der Waals surface area contributed by atoms with Crippen molar-refractivity contribution in [2.45, 2.75) is 50.5 Å². The molecular weight excluding hydrogens is 300 g/mol. The van der Waals surface area contributed by atoms with Crippen LogP contribution < -0.4 is 5.32 Å². The van der Waals surface area contributed by atoms with Crippen LogP contribution >= 0.6 is 10.7 Å². The van der Waals surface area contributed by atoms with Crippen molar-refractivity contribution in [3.8, 4) is 0 Å². The Morgan fingerprint density at radius 1 is 1.45 bits per heavy atom. The number of nitrogens with zero attached hydrogens (tertiary/aromatic N) is 1. The molecule has 0 aromatic carbocycles. The summed E-state index contributed by atoms with van der Waals surface area (Å²) in [5.74, 6) is -0.289. The van der Waals surface area contributed by atoms with E-state index in [4.69, 9.17) is 10.7 Å². The monoisotopic (exact) mass is 320 g/mol. The van der Waals surface area contributed by atoms with Crippen molar-refractivity contribution in [2.24, 2.45) is 7.05 Å². The molecule has 0 fully saturated rings. The lowest BCUT2D eigenvalue weighted by Gasteiger charge is -2.13. The van der Waals surface area contributed by atoms with E-state index in [1.165, 1.54) is 16.8 Å². The van der Waals surface area contributed by atoms with Gasteiger partial charge in [-0.3, -0.25) is 4.79 Å². The minimum atomic E-state index is -3.81. The highest BCUT2D eigenvalue weighted by molar-refractivity contribution is 8.13. The van der Waals surface area contributed by atoms with E-state index in [9.17, 15) is 13.2 Å². The molecule has 0 saturated carbocycles. The second-order valence-electron chi connectivity index (χ2n) is 4.98. The fourth-order valence-corrected chi connectivity index (χ4v) is 2.75. The number of amides is 1. The number of rotatable bonds is 7. The average Bonchev–Trinajstić information content (AvgIpc) is 2.71. The van der Waals surface area contributed by atoms with Crippen LogP contribution in [0.4, 0.5) is 0 Å². The van der Waals surface area contributed by atoms with Crippen molar-refractivity contribution < 1.29 is 13.2 Å². The molecule has 1 aromatic rings. The summed E-state index contributed by atoms with van der Waals surface area (Å²) in [6.07, 6.45) is 5.57. The molecule has 1 aromatic heterocycles. The van der Waals surface area contributed by atoms with Crippen LogP contribution in [-0.2, 0) is 16.1 Å². The van der Waals surface area contributed by atoms with Crippen LogP contribution in [-0.4, -0.2) is 24.9 Å². The smallest absolute Gasteiger partial charge is 0.268 e. The quantitative estimate of drug-likeness (QED) is 0.620. The van der Waals surface area contributed by atoms with Crippen LogP contribution in [0.1, 0.15) is 50.0 Å². The summed E-state index contributed by atoms with van der Waals surface area (Å²) < 4.78 is 23.9. The Labute approximate surface area is 124 Å². The number of aromatic nitrogens is 1. The van der Waals surface area contributed by atoms with Gasteiger partial charge in [-0.2, -0.15) is 0 Å². The highest BCUT2D eigenvalue weighted by atomic mass is 35.7. The van der Waals surface area contributed by atoms with Gasteiger partial charge in [-0.15, -0.1) is 0 Å². The first-order valence-corrected chi connectivity index (χ1v) is 8.98. The van der Waals surface area contributed by atoms with E-state index in [0.717, 1.165) is 25.7 Å². The summed E-state index contributed by atoms with van der Waals surface area (Å²) in [6.45, 7) is 4.07. The Morgan fingerprint density at radius 2 is 2.10 bits per heavy atom. The normalized spacial score (nSPS) is 13.2. The van der Waals surface area contributed by atoms with Gasteiger partial charge < -0.3 is 9.88 Å². The van der Waals surface area contributed by atoms with E-state index in [1.54, 1.807) is 7.05 Å². The minimum absolute atomic E-state index is 0.0556. The number of carbonyl (C=O) groups is 1. The van der Waals surface area contributed by atoms with Gasteiger partial charge in [0.05, 0.1) is 0 Å². The second kappa shape index (κ2) is 7.13. The molecule has 1 rings (SSSR count). The van der Waals surface area contributed by atoms with Gasteiger partial charge in [0, 0.05) is 30.0 Å². The zero-order valence-electron chi connectivity index (χ0n) is 12.0. The summed E-state index contributed by atoms with van der Waals surface area (Å²) in [6, 6.07) is 1.34. The summed E-state index contributed by atoms with van der Waals surface area (Å²) in [4.78, 5) is 12.0. The summed E-state index contributed by atoms with van der Waals surface area (Å²) in [5.41, 5.74) is 0.284. The molecule has 0 radical (unpaired) electrons. The van der Waals surface area contributed by atoms with Gasteiger partial charge in [-0.25, -0.2) is 8.42 Å². The van der Waals surface area contributed by atoms with Crippen molar-refractivity contribution in [1.82, 2.24) is 9.88 Å². The number of hydrogen-bond donors (Lipinski definition) is 1. The van der Waals surface area contributed by atoms with Crippen LogP contribution in [0.25, 0.3) is 0 Å². The first-order valence-electron chi connectivity index (χ1n) is 6.67. The van der Waals surface area contributed by atoms with Gasteiger partial charge in [0.15, 0.2) is 0 Å². The Morgan fingerprint density at radius 3 is 2.60 bits per heavy atom. The lowest BCUT2D eigenvalue weighted by Crippen LogP contribution is -2.33. The highest BCUT2D eigenvalue weighted by Gasteiger charge is 2.19. The third-order valence-corrected chi connectivity index (χ3v) is 4.43. The lowest BCUT2D eigenvalue weighted by atomic mass is 10.1. The van der Waals surface area contributed by atoms with Crippen molar-refractivity contribution >= 4 is 25.6 Å². The van der Waals surface area contributed by atoms with Gasteiger partial charge >= 0.3 is 0 Å². The second-order valence-corrected chi connectivity index (χ2v) is 7.55. The van der Waals surface area contributed by atoms with Crippen molar-refractivity contribution in [3.63, 3.8) is 0 Å². The Bertz CT molecular complexity index is 566. The fourth-order valence-electron chi connectivity index (χ4n) is 1.96. The van der Waals surface area contributed by atoms with E-state index >= 15 is 0 Å². The van der Waals surface area contributed by atoms with E-state index in [1.807, 2.05) is 6.92 Å². The molecule has 1 amide bonds. The summed E-state index contributed by atoms with van der Waals surface area (Å²) in [5, 5.41) is 2.86. The first kappa shape index (κ1) is 17.0. The molecule has 1 atom stereocenters. The van der Waals surface area contributed by atoms with Crippen LogP contribution in [0.15, 0.2) is 17.2 Å². The molecule has 7 heteroatoms. The predicted molar refractivity (Wildman–Crippen MR) is 79.5 cm³/mol. The van der Waals surface area contributed by atoms with Crippen molar-refractivity contribution in [2.75, 3.05) is 0 Å². The van der Waals surface area contributed by atoms with E-state index < -0.39 is 9.05 Å². The topological polar surface area (TPSA) is 68.2 Å². The third-order valence-electron chi connectivity index (χ3n) is 3.11. The van der Waals surface area contributed by atoms with Crippen LogP contribution in [0.2, 0.25) is 0 Å². The molecule has 0 aliphatic rings. The van der Waals surface area contributed by atoms with Gasteiger partial charge in [0.25, 0.3) is 15.0 Å².